The van der Waals surface area contributed by atoms with Crippen LogP contribution in [0.1, 0.15) is 0 Å². The van der Waals surface area contributed by atoms with E-state index in [9.17, 15) is 10.1 Å². The molecule has 0 amide bonds. The Kier molecular flexibility index (Phi) is 3.63. The summed E-state index contributed by atoms with van der Waals surface area (Å²) in [7, 11) is 0. The van der Waals surface area contributed by atoms with Crippen LogP contribution in [0.25, 0.3) is 0 Å². The molecule has 2 N–H and O–H groups in total. The lowest BCUT2D eigenvalue weighted by molar-refractivity contribution is -0.384. The molecule has 2 rings (SSSR count). The molecule has 10 heteroatoms. The molecule has 8 nitrogen and oxygen atoms in total. The zero-order valence-electron chi connectivity index (χ0n) is 9.08. The molecule has 0 bridgehead atoms. The number of hydrogen-bond donors (Lipinski definition) is 1. The van der Waals surface area contributed by atoms with Crippen LogP contribution >= 0.6 is 23.2 Å². The number of hydrogen-bond acceptors (Lipinski definition) is 7. The molecule has 0 aliphatic heterocycles. The summed E-state index contributed by atoms with van der Waals surface area (Å²) in [6.45, 7) is 0. The maximum atomic E-state index is 10.6. The Labute approximate surface area is 116 Å². The van der Waals surface area contributed by atoms with Crippen LogP contribution in [-0.4, -0.2) is 19.9 Å². The molecule has 19 heavy (non-hydrogen) atoms. The third kappa shape index (κ3) is 3.18. The first-order valence-corrected chi connectivity index (χ1v) is 5.50. The van der Waals surface area contributed by atoms with E-state index in [1.54, 1.807) is 0 Å². The third-order valence-corrected chi connectivity index (χ3v) is 2.41. The maximum absolute atomic E-state index is 10.6. The van der Waals surface area contributed by atoms with Gasteiger partial charge < -0.3 is 10.5 Å². The van der Waals surface area contributed by atoms with Crippen LogP contribution in [0.15, 0.2) is 18.2 Å². The summed E-state index contributed by atoms with van der Waals surface area (Å²) in [4.78, 5) is 20.9. The average Bonchev–Trinajstić information content (AvgIpc) is 2.30. The van der Waals surface area contributed by atoms with Gasteiger partial charge in [-0.2, -0.15) is 15.0 Å². The summed E-state index contributed by atoms with van der Waals surface area (Å²) in [5.74, 6) is -0.130. The number of non-ortho nitro benzene ring substituents is 1. The number of benzene rings is 1. The van der Waals surface area contributed by atoms with Gasteiger partial charge >= 0.3 is 6.01 Å². The molecule has 0 radical (unpaired) electrons. The molecule has 0 spiro atoms. The van der Waals surface area contributed by atoms with E-state index in [1.165, 1.54) is 12.1 Å². The molecule has 0 fully saturated rings. The van der Waals surface area contributed by atoms with Crippen LogP contribution < -0.4 is 10.5 Å². The first-order valence-electron chi connectivity index (χ1n) is 4.74. The Morgan fingerprint density at radius 2 is 2.00 bits per heavy atom. The van der Waals surface area contributed by atoms with Gasteiger partial charge in [0.15, 0.2) is 5.75 Å². The van der Waals surface area contributed by atoms with Gasteiger partial charge in [0.2, 0.25) is 11.2 Å². The molecule has 0 saturated heterocycles. The van der Waals surface area contributed by atoms with Crippen molar-refractivity contribution in [3.63, 3.8) is 0 Å². The minimum absolute atomic E-state index is 0.0116. The summed E-state index contributed by atoms with van der Waals surface area (Å²) in [6.07, 6.45) is 0. The number of nitrogens with zero attached hydrogens (tertiary/aromatic N) is 4. The van der Waals surface area contributed by atoms with E-state index in [0.717, 1.165) is 6.07 Å². The fraction of sp³-hybridized carbons (Fsp3) is 0. The van der Waals surface area contributed by atoms with Crippen molar-refractivity contribution in [2.75, 3.05) is 5.73 Å². The minimum atomic E-state index is -0.585. The van der Waals surface area contributed by atoms with Gasteiger partial charge in [-0.15, -0.1) is 0 Å². The molecular formula is C9H5Cl2N5O3. The quantitative estimate of drug-likeness (QED) is 0.683. The van der Waals surface area contributed by atoms with Crippen molar-refractivity contribution in [2.45, 2.75) is 0 Å². The first-order chi connectivity index (χ1) is 8.95. The summed E-state index contributed by atoms with van der Waals surface area (Å²) >= 11 is 11.4. The van der Waals surface area contributed by atoms with Gasteiger partial charge in [-0.05, 0) is 17.7 Å². The molecule has 0 aliphatic rings. The lowest BCUT2D eigenvalue weighted by Crippen LogP contribution is -2.00. The monoisotopic (exact) mass is 301 g/mol. The number of nitrogens with two attached hydrogens (primary N) is 1. The zero-order chi connectivity index (χ0) is 14.0. The summed E-state index contributed by atoms with van der Waals surface area (Å²) < 4.78 is 5.20. The number of anilines is 1. The highest BCUT2D eigenvalue weighted by Gasteiger charge is 2.13. The van der Waals surface area contributed by atoms with Crippen molar-refractivity contribution >= 4 is 34.8 Å². The zero-order valence-corrected chi connectivity index (χ0v) is 10.6. The van der Waals surface area contributed by atoms with Crippen molar-refractivity contribution in [1.29, 1.82) is 0 Å². The van der Waals surface area contributed by atoms with E-state index in [2.05, 4.69) is 15.0 Å². The molecular weight excluding hydrogens is 297 g/mol. The summed E-state index contributed by atoms with van der Waals surface area (Å²) in [6, 6.07) is 3.49. The molecule has 0 aliphatic carbocycles. The molecule has 1 aromatic carbocycles. The van der Waals surface area contributed by atoms with Crippen molar-refractivity contribution in [3.8, 4) is 11.8 Å². The van der Waals surface area contributed by atoms with Crippen LogP contribution in [0.4, 0.5) is 11.6 Å². The van der Waals surface area contributed by atoms with E-state index in [4.69, 9.17) is 33.7 Å². The van der Waals surface area contributed by atoms with Gasteiger partial charge in [-0.1, -0.05) is 11.6 Å². The lowest BCUT2D eigenvalue weighted by atomic mass is 10.3. The van der Waals surface area contributed by atoms with E-state index < -0.39 is 4.92 Å². The maximum Gasteiger partial charge on any atom is 0.328 e. The normalized spacial score (nSPS) is 10.2. The summed E-state index contributed by atoms with van der Waals surface area (Å²) in [5.41, 5.74) is 5.17. The lowest BCUT2D eigenvalue weighted by Gasteiger charge is -2.05. The highest BCUT2D eigenvalue weighted by atomic mass is 35.5. The molecule has 2 aromatic rings. The number of halogens is 2. The van der Waals surface area contributed by atoms with Crippen molar-refractivity contribution < 1.29 is 9.66 Å². The minimum Gasteiger partial charge on any atom is -0.422 e. The Balaban J connectivity index is 2.37. The molecule has 1 aromatic heterocycles. The van der Waals surface area contributed by atoms with Crippen LogP contribution in [-0.2, 0) is 0 Å². The summed E-state index contributed by atoms with van der Waals surface area (Å²) in [5, 5.41) is 10.6. The molecule has 0 unspecified atom stereocenters. The van der Waals surface area contributed by atoms with Crippen LogP contribution in [0.3, 0.4) is 0 Å². The van der Waals surface area contributed by atoms with Crippen LogP contribution in [0.2, 0.25) is 10.3 Å². The second-order valence-corrected chi connectivity index (χ2v) is 3.96. The highest BCUT2D eigenvalue weighted by molar-refractivity contribution is 6.32. The second kappa shape index (κ2) is 5.21. The van der Waals surface area contributed by atoms with Gasteiger partial charge in [0.1, 0.15) is 0 Å². The molecule has 0 saturated carbocycles. The predicted octanol–water partition coefficient (Wildman–Crippen LogP) is 2.46. The predicted molar refractivity (Wildman–Crippen MR) is 67.4 cm³/mol. The topological polar surface area (TPSA) is 117 Å². The third-order valence-electron chi connectivity index (χ3n) is 1.93. The van der Waals surface area contributed by atoms with E-state index in [-0.39, 0.29) is 33.7 Å². The Morgan fingerprint density at radius 1 is 1.26 bits per heavy atom. The Morgan fingerprint density at radius 3 is 2.63 bits per heavy atom. The number of nitro benzene ring substituents is 1. The number of nitro groups is 1. The van der Waals surface area contributed by atoms with Crippen molar-refractivity contribution in [3.05, 3.63) is 38.6 Å². The Bertz CT molecular complexity index is 631. The molecule has 1 heterocycles. The average molecular weight is 302 g/mol. The second-order valence-electron chi connectivity index (χ2n) is 3.22. The van der Waals surface area contributed by atoms with Crippen LogP contribution in [0.5, 0.6) is 11.8 Å². The highest BCUT2D eigenvalue weighted by Crippen LogP contribution is 2.31. The standard InChI is InChI=1S/C9H5Cl2N5O3/c10-5-2-1-4(16(17)18)3-6(5)19-9-14-7(11)13-8(12)15-9/h1-3H,(H2,12,13,14,15). The van der Waals surface area contributed by atoms with Gasteiger partial charge in [0.25, 0.3) is 5.69 Å². The largest absolute Gasteiger partial charge is 0.422 e. The van der Waals surface area contributed by atoms with Gasteiger partial charge in [0.05, 0.1) is 16.0 Å². The number of nitrogen functional groups attached to an aromatic ring is 1. The molecule has 98 valence electrons. The fourth-order valence-corrected chi connectivity index (χ4v) is 1.49. The molecule has 0 atom stereocenters. The van der Waals surface area contributed by atoms with Gasteiger partial charge in [-0.3, -0.25) is 10.1 Å². The van der Waals surface area contributed by atoms with E-state index >= 15 is 0 Å². The van der Waals surface area contributed by atoms with Gasteiger partial charge in [0, 0.05) is 6.07 Å². The Hall–Kier alpha value is -2.19. The van der Waals surface area contributed by atoms with E-state index in [1.807, 2.05) is 0 Å². The number of aromatic nitrogens is 3. The van der Waals surface area contributed by atoms with Crippen LogP contribution in [0, 0.1) is 10.1 Å². The first kappa shape index (κ1) is 13.2. The van der Waals surface area contributed by atoms with Crippen molar-refractivity contribution in [1.82, 2.24) is 15.0 Å². The number of rotatable bonds is 3. The van der Waals surface area contributed by atoms with E-state index in [0.29, 0.717) is 0 Å². The smallest absolute Gasteiger partial charge is 0.328 e. The fourth-order valence-electron chi connectivity index (χ4n) is 1.17. The van der Waals surface area contributed by atoms with Gasteiger partial charge in [-0.25, -0.2) is 0 Å². The van der Waals surface area contributed by atoms with Crippen molar-refractivity contribution in [2.24, 2.45) is 0 Å². The SMILES string of the molecule is Nc1nc(Cl)nc(Oc2cc([N+](=O)[O-])ccc2Cl)n1. The number of ether oxygens (including phenoxy) is 1.